The number of hydrogen-bond acceptors (Lipinski definition) is 5. The number of benzene rings is 1. The van der Waals surface area contributed by atoms with Crippen molar-refractivity contribution < 1.29 is 4.79 Å². The summed E-state index contributed by atoms with van der Waals surface area (Å²) >= 11 is 0. The van der Waals surface area contributed by atoms with E-state index < -0.39 is 0 Å². The van der Waals surface area contributed by atoms with Gasteiger partial charge in [-0.15, -0.1) is 0 Å². The van der Waals surface area contributed by atoms with Crippen molar-refractivity contribution in [3.8, 4) is 0 Å². The van der Waals surface area contributed by atoms with Crippen molar-refractivity contribution in [2.24, 2.45) is 5.92 Å². The van der Waals surface area contributed by atoms with Crippen LogP contribution in [-0.4, -0.2) is 64.5 Å². The van der Waals surface area contributed by atoms with Crippen molar-refractivity contribution in [2.45, 2.75) is 38.1 Å². The number of carbonyl (C=O) groups excluding carboxylic acids is 1. The number of anilines is 1. The van der Waals surface area contributed by atoms with Crippen molar-refractivity contribution in [1.82, 2.24) is 25.2 Å². The van der Waals surface area contributed by atoms with Crippen LogP contribution in [-0.2, 0) is 11.2 Å². The van der Waals surface area contributed by atoms with Crippen LogP contribution >= 0.6 is 0 Å². The average molecular weight is 433 g/mol. The van der Waals surface area contributed by atoms with E-state index in [9.17, 15) is 4.79 Å². The Hall–Kier alpha value is -2.93. The number of H-pyrrole nitrogens is 1. The summed E-state index contributed by atoms with van der Waals surface area (Å²) in [6, 6.07) is 13.0. The highest BCUT2D eigenvalue weighted by Crippen LogP contribution is 2.28. The van der Waals surface area contributed by atoms with Crippen molar-refractivity contribution in [2.75, 3.05) is 37.6 Å². The predicted molar refractivity (Wildman–Crippen MR) is 127 cm³/mol. The Balaban J connectivity index is 1.12. The molecular weight excluding hydrogens is 400 g/mol. The molecule has 2 aromatic heterocycles. The number of fused-ring (bicyclic) bond motifs is 1. The highest BCUT2D eigenvalue weighted by molar-refractivity contribution is 5.87. The minimum Gasteiger partial charge on any atom is -0.356 e. The molecule has 32 heavy (non-hydrogen) atoms. The molecule has 5 rings (SSSR count). The third-order valence-corrected chi connectivity index (χ3v) is 6.99. The van der Waals surface area contributed by atoms with Gasteiger partial charge >= 0.3 is 0 Å². The number of aromatic amines is 1. The number of likely N-dealkylation sites (tertiary alicyclic amines) is 1. The number of amides is 1. The summed E-state index contributed by atoms with van der Waals surface area (Å²) in [4.78, 5) is 29.8. The van der Waals surface area contributed by atoms with Crippen molar-refractivity contribution in [1.29, 1.82) is 0 Å². The Bertz CT molecular complexity index is 1030. The van der Waals surface area contributed by atoms with Gasteiger partial charge in [-0.05, 0) is 50.3 Å². The van der Waals surface area contributed by atoms with Crippen LogP contribution in [0.5, 0.6) is 0 Å². The van der Waals surface area contributed by atoms with Crippen LogP contribution in [0, 0.1) is 5.92 Å². The zero-order valence-corrected chi connectivity index (χ0v) is 18.5. The molecular formula is C25H32N6O. The number of rotatable bonds is 6. The highest BCUT2D eigenvalue weighted by atomic mass is 16.1. The van der Waals surface area contributed by atoms with Crippen LogP contribution in [0.3, 0.4) is 0 Å². The van der Waals surface area contributed by atoms with Gasteiger partial charge in [-0.25, -0.2) is 9.97 Å². The van der Waals surface area contributed by atoms with Gasteiger partial charge in [-0.2, -0.15) is 0 Å². The lowest BCUT2D eigenvalue weighted by atomic mass is 9.93. The quantitative estimate of drug-likeness (QED) is 0.626. The van der Waals surface area contributed by atoms with E-state index in [1.165, 1.54) is 5.56 Å². The molecule has 7 heteroatoms. The standard InChI is InChI=1S/C25H32N6O/c32-25(27-12-8-19-5-2-1-3-6-19)20-7-4-14-31(17-20)21-10-15-30(16-11-21)24-22-9-13-26-23(22)28-18-29-24/h1-3,5-6,9,13,18,20-21H,4,7-8,10-12,14-17H2,(H,27,32)(H,26,28,29)/t20-/m1/s1. The molecule has 168 valence electrons. The third-order valence-electron chi connectivity index (χ3n) is 6.99. The second-order valence-corrected chi connectivity index (χ2v) is 9.02. The molecule has 1 aromatic carbocycles. The fourth-order valence-electron chi connectivity index (χ4n) is 5.22. The first kappa shape index (κ1) is 20.9. The zero-order valence-electron chi connectivity index (χ0n) is 18.5. The van der Waals surface area contributed by atoms with Gasteiger partial charge in [0.25, 0.3) is 0 Å². The Morgan fingerprint density at radius 3 is 2.75 bits per heavy atom. The maximum atomic E-state index is 12.8. The molecule has 2 N–H and O–H groups in total. The number of nitrogens with one attached hydrogen (secondary N) is 2. The summed E-state index contributed by atoms with van der Waals surface area (Å²) in [7, 11) is 0. The lowest BCUT2D eigenvalue weighted by Gasteiger charge is -2.42. The molecule has 1 amide bonds. The number of piperidine rings is 2. The van der Waals surface area contributed by atoms with E-state index in [-0.39, 0.29) is 11.8 Å². The van der Waals surface area contributed by atoms with Gasteiger partial charge in [0.2, 0.25) is 5.91 Å². The van der Waals surface area contributed by atoms with Gasteiger partial charge < -0.3 is 15.2 Å². The first-order valence-corrected chi connectivity index (χ1v) is 11.9. The number of nitrogens with zero attached hydrogens (tertiary/aromatic N) is 4. The number of aromatic nitrogens is 3. The maximum Gasteiger partial charge on any atom is 0.224 e. The van der Waals surface area contributed by atoms with Gasteiger partial charge in [0.15, 0.2) is 0 Å². The second kappa shape index (κ2) is 9.69. The first-order valence-electron chi connectivity index (χ1n) is 11.9. The summed E-state index contributed by atoms with van der Waals surface area (Å²) in [6.45, 7) is 4.69. The molecule has 7 nitrogen and oxygen atoms in total. The molecule has 4 heterocycles. The second-order valence-electron chi connectivity index (χ2n) is 9.02. The monoisotopic (exact) mass is 432 g/mol. The Morgan fingerprint density at radius 2 is 1.91 bits per heavy atom. The summed E-state index contributed by atoms with van der Waals surface area (Å²) in [6.07, 6.45) is 8.78. The van der Waals surface area contributed by atoms with E-state index in [4.69, 9.17) is 0 Å². The Labute approximate surface area is 189 Å². The Kier molecular flexibility index (Phi) is 6.34. The van der Waals surface area contributed by atoms with Crippen LogP contribution in [0.15, 0.2) is 48.9 Å². The van der Waals surface area contributed by atoms with E-state index in [0.717, 1.165) is 75.1 Å². The van der Waals surface area contributed by atoms with Crippen LogP contribution in [0.4, 0.5) is 5.82 Å². The molecule has 3 aromatic rings. The number of hydrogen-bond donors (Lipinski definition) is 2. The third kappa shape index (κ3) is 4.63. The minimum absolute atomic E-state index is 0.110. The van der Waals surface area contributed by atoms with Gasteiger partial charge in [0.1, 0.15) is 17.8 Å². The van der Waals surface area contributed by atoms with E-state index in [0.29, 0.717) is 12.6 Å². The van der Waals surface area contributed by atoms with Crippen molar-refractivity contribution in [3.63, 3.8) is 0 Å². The number of carbonyl (C=O) groups is 1. The molecule has 2 aliphatic heterocycles. The van der Waals surface area contributed by atoms with Crippen molar-refractivity contribution in [3.05, 3.63) is 54.5 Å². The summed E-state index contributed by atoms with van der Waals surface area (Å²) in [5.74, 6) is 1.36. The topological polar surface area (TPSA) is 77.2 Å². The van der Waals surface area contributed by atoms with Gasteiger partial charge in [-0.1, -0.05) is 30.3 Å². The zero-order chi connectivity index (χ0) is 21.8. The summed E-state index contributed by atoms with van der Waals surface area (Å²) < 4.78 is 0. The molecule has 0 spiro atoms. The molecule has 0 saturated carbocycles. The average Bonchev–Trinajstić information content (AvgIpc) is 3.34. The fraction of sp³-hybridized carbons (Fsp3) is 0.480. The summed E-state index contributed by atoms with van der Waals surface area (Å²) in [5, 5.41) is 4.27. The van der Waals surface area contributed by atoms with Crippen LogP contribution in [0.2, 0.25) is 0 Å². The lowest BCUT2D eigenvalue weighted by molar-refractivity contribution is -0.127. The normalized spacial score (nSPS) is 20.5. The van der Waals surface area contributed by atoms with Gasteiger partial charge in [0, 0.05) is 38.4 Å². The van der Waals surface area contributed by atoms with E-state index in [2.05, 4.69) is 48.3 Å². The van der Waals surface area contributed by atoms with E-state index in [1.54, 1.807) is 6.33 Å². The molecule has 0 unspecified atom stereocenters. The largest absolute Gasteiger partial charge is 0.356 e. The minimum atomic E-state index is 0.110. The molecule has 2 aliphatic rings. The maximum absolute atomic E-state index is 12.8. The van der Waals surface area contributed by atoms with Crippen LogP contribution in [0.25, 0.3) is 11.0 Å². The molecule has 0 radical (unpaired) electrons. The molecule has 0 bridgehead atoms. The molecule has 1 atom stereocenters. The van der Waals surface area contributed by atoms with Crippen molar-refractivity contribution >= 4 is 22.8 Å². The van der Waals surface area contributed by atoms with Gasteiger partial charge in [-0.3, -0.25) is 9.69 Å². The summed E-state index contributed by atoms with van der Waals surface area (Å²) in [5.41, 5.74) is 2.17. The highest BCUT2D eigenvalue weighted by Gasteiger charge is 2.32. The predicted octanol–water partition coefficient (Wildman–Crippen LogP) is 3.00. The molecule has 2 saturated heterocycles. The fourth-order valence-corrected chi connectivity index (χ4v) is 5.22. The molecule has 2 fully saturated rings. The van der Waals surface area contributed by atoms with E-state index >= 15 is 0 Å². The lowest BCUT2D eigenvalue weighted by Crippen LogP contribution is -2.51. The molecule has 0 aliphatic carbocycles. The smallest absolute Gasteiger partial charge is 0.224 e. The van der Waals surface area contributed by atoms with Crippen LogP contribution < -0.4 is 10.2 Å². The van der Waals surface area contributed by atoms with E-state index in [1.807, 2.05) is 24.4 Å². The Morgan fingerprint density at radius 1 is 1.06 bits per heavy atom. The first-order chi connectivity index (χ1) is 15.8. The SMILES string of the molecule is O=C(NCCc1ccccc1)[C@@H]1CCCN(C2CCN(c3ncnc4[nH]ccc34)CC2)C1. The van der Waals surface area contributed by atoms with Gasteiger partial charge in [0.05, 0.1) is 11.3 Å². The van der Waals surface area contributed by atoms with Crippen LogP contribution in [0.1, 0.15) is 31.2 Å².